The van der Waals surface area contributed by atoms with Crippen LogP contribution in [0.5, 0.6) is 0 Å². The molecule has 0 aromatic heterocycles. The van der Waals surface area contributed by atoms with E-state index < -0.39 is 18.1 Å². The van der Waals surface area contributed by atoms with Crippen LogP contribution in [0.1, 0.15) is 19.8 Å². The first-order chi connectivity index (χ1) is 9.47. The molecule has 0 aliphatic carbocycles. The number of rotatable bonds is 10. The number of aliphatic carboxylic acids is 1. The van der Waals surface area contributed by atoms with Gasteiger partial charge >= 0.3 is 12.1 Å². The zero-order valence-corrected chi connectivity index (χ0v) is 11.6. The molecule has 0 saturated heterocycles. The molecule has 0 spiro atoms. The van der Waals surface area contributed by atoms with Crippen molar-refractivity contribution < 1.29 is 19.4 Å². The summed E-state index contributed by atoms with van der Waals surface area (Å²) in [5, 5.41) is 14.2. The highest BCUT2D eigenvalue weighted by Gasteiger charge is 2.19. The Bertz CT molecular complexity index is 331. The van der Waals surface area contributed by atoms with Crippen LogP contribution in [0.15, 0.2) is 4.99 Å². The summed E-state index contributed by atoms with van der Waals surface area (Å²) < 4.78 is 4.83. The number of hydrogen-bond donors (Lipinski definition) is 5. The van der Waals surface area contributed by atoms with Gasteiger partial charge in [0.15, 0.2) is 5.96 Å². The summed E-state index contributed by atoms with van der Waals surface area (Å²) in [4.78, 5) is 26.1. The zero-order chi connectivity index (χ0) is 15.4. The number of nitrogens with two attached hydrogens (primary N) is 2. The second-order valence-electron chi connectivity index (χ2n) is 3.97. The number of hydrogen-bond acceptors (Lipinski definition) is 5. The molecule has 7 N–H and O–H groups in total. The van der Waals surface area contributed by atoms with Crippen molar-refractivity contribution >= 4 is 18.0 Å². The molecular weight excluding hydrogens is 266 g/mol. The number of likely N-dealkylation sites (N-methyl/N-ethyl adjacent to an activating group) is 1. The molecule has 0 heterocycles. The molecule has 0 aromatic carbocycles. The third-order valence-electron chi connectivity index (χ3n) is 2.30. The van der Waals surface area contributed by atoms with Crippen LogP contribution in [-0.2, 0) is 9.53 Å². The molecule has 0 aliphatic heterocycles. The van der Waals surface area contributed by atoms with Crippen LogP contribution in [0.2, 0.25) is 0 Å². The fraction of sp³-hybridized carbons (Fsp3) is 0.727. The molecule has 0 rings (SSSR count). The van der Waals surface area contributed by atoms with E-state index in [4.69, 9.17) is 21.3 Å². The number of carbonyl (C=O) groups excluding carboxylic acids is 1. The standard InChI is InChI=1S/C11H23N5O4/c1-2-14-6-7-20-11(19)16-8(9(17)18)4-3-5-15-10(12)13/h8,14H,2-7H2,1H3,(H,16,19)(H,17,18)(H4,12,13,15)/t8-/m0/s1. The van der Waals surface area contributed by atoms with E-state index in [1.54, 1.807) is 0 Å². The van der Waals surface area contributed by atoms with E-state index >= 15 is 0 Å². The highest BCUT2D eigenvalue weighted by atomic mass is 16.5. The third kappa shape index (κ3) is 9.95. The molecule has 1 amide bonds. The van der Waals surface area contributed by atoms with Gasteiger partial charge < -0.3 is 31.9 Å². The number of nitrogens with one attached hydrogen (secondary N) is 2. The Morgan fingerprint density at radius 2 is 2.10 bits per heavy atom. The van der Waals surface area contributed by atoms with Crippen LogP contribution in [0.4, 0.5) is 4.79 Å². The van der Waals surface area contributed by atoms with E-state index in [2.05, 4.69) is 15.6 Å². The SMILES string of the molecule is CCNCCOC(=O)N[C@@H](CCCN=C(N)N)C(=O)O. The van der Waals surface area contributed by atoms with Gasteiger partial charge in [-0.15, -0.1) is 0 Å². The van der Waals surface area contributed by atoms with Gasteiger partial charge in [-0.3, -0.25) is 4.99 Å². The van der Waals surface area contributed by atoms with E-state index in [0.29, 0.717) is 19.5 Å². The number of nitrogens with zero attached hydrogens (tertiary/aromatic N) is 1. The maximum absolute atomic E-state index is 11.4. The molecule has 0 unspecified atom stereocenters. The summed E-state index contributed by atoms with van der Waals surface area (Å²) in [5.41, 5.74) is 10.3. The van der Waals surface area contributed by atoms with Crippen molar-refractivity contribution in [3.63, 3.8) is 0 Å². The minimum Gasteiger partial charge on any atom is -0.480 e. The van der Waals surface area contributed by atoms with Crippen LogP contribution in [0, 0.1) is 0 Å². The van der Waals surface area contributed by atoms with Gasteiger partial charge in [-0.2, -0.15) is 0 Å². The van der Waals surface area contributed by atoms with Gasteiger partial charge in [-0.1, -0.05) is 6.92 Å². The van der Waals surface area contributed by atoms with Gasteiger partial charge in [-0.05, 0) is 19.4 Å². The topological polar surface area (TPSA) is 152 Å². The molecule has 20 heavy (non-hydrogen) atoms. The number of amides is 1. The van der Waals surface area contributed by atoms with Crippen LogP contribution in [-0.4, -0.2) is 55.4 Å². The Morgan fingerprint density at radius 1 is 1.40 bits per heavy atom. The summed E-state index contributed by atoms with van der Waals surface area (Å²) in [7, 11) is 0. The van der Waals surface area contributed by atoms with Crippen LogP contribution in [0.25, 0.3) is 0 Å². The second-order valence-corrected chi connectivity index (χ2v) is 3.97. The van der Waals surface area contributed by atoms with Crippen molar-refractivity contribution in [1.29, 1.82) is 0 Å². The maximum atomic E-state index is 11.4. The fourth-order valence-corrected chi connectivity index (χ4v) is 1.34. The first kappa shape index (κ1) is 18.0. The Morgan fingerprint density at radius 3 is 2.65 bits per heavy atom. The van der Waals surface area contributed by atoms with Gasteiger partial charge in [0.2, 0.25) is 0 Å². The lowest BCUT2D eigenvalue weighted by atomic mass is 10.1. The molecule has 0 aliphatic rings. The first-order valence-electron chi connectivity index (χ1n) is 6.39. The predicted octanol–water partition coefficient (Wildman–Crippen LogP) is -1.17. The Balaban J connectivity index is 3.97. The number of carboxylic acid groups (broad SMARTS) is 1. The Hall–Kier alpha value is -2.03. The molecule has 1 atom stereocenters. The minimum atomic E-state index is -1.13. The summed E-state index contributed by atoms with van der Waals surface area (Å²) in [6.07, 6.45) is -0.0989. The number of aliphatic imine (C=N–C) groups is 1. The van der Waals surface area contributed by atoms with E-state index in [9.17, 15) is 9.59 Å². The van der Waals surface area contributed by atoms with Crippen molar-refractivity contribution in [3.8, 4) is 0 Å². The van der Waals surface area contributed by atoms with Gasteiger partial charge in [0.05, 0.1) is 0 Å². The van der Waals surface area contributed by atoms with Crippen molar-refractivity contribution in [2.45, 2.75) is 25.8 Å². The van der Waals surface area contributed by atoms with Gasteiger partial charge in [0, 0.05) is 13.1 Å². The van der Waals surface area contributed by atoms with E-state index in [1.807, 2.05) is 6.92 Å². The molecule has 0 aromatic rings. The minimum absolute atomic E-state index is 0.0485. The second kappa shape index (κ2) is 10.9. The fourth-order valence-electron chi connectivity index (χ4n) is 1.34. The lowest BCUT2D eigenvalue weighted by Gasteiger charge is -2.14. The lowest BCUT2D eigenvalue weighted by Crippen LogP contribution is -2.41. The highest BCUT2D eigenvalue weighted by molar-refractivity contribution is 5.79. The van der Waals surface area contributed by atoms with Crippen molar-refractivity contribution in [1.82, 2.24) is 10.6 Å². The third-order valence-corrected chi connectivity index (χ3v) is 2.30. The molecule has 9 heteroatoms. The molecule has 0 fully saturated rings. The van der Waals surface area contributed by atoms with Crippen molar-refractivity contribution in [2.75, 3.05) is 26.2 Å². The smallest absolute Gasteiger partial charge is 0.407 e. The van der Waals surface area contributed by atoms with E-state index in [1.165, 1.54) is 0 Å². The van der Waals surface area contributed by atoms with E-state index in [0.717, 1.165) is 6.54 Å². The lowest BCUT2D eigenvalue weighted by molar-refractivity contribution is -0.139. The number of carboxylic acids is 1. The summed E-state index contributed by atoms with van der Waals surface area (Å²) in [5.74, 6) is -1.17. The average Bonchev–Trinajstić information content (AvgIpc) is 2.37. The molecule has 0 saturated carbocycles. The van der Waals surface area contributed by atoms with Crippen LogP contribution >= 0.6 is 0 Å². The normalized spacial score (nSPS) is 11.4. The molecule has 0 bridgehead atoms. The monoisotopic (exact) mass is 289 g/mol. The first-order valence-corrected chi connectivity index (χ1v) is 6.39. The highest BCUT2D eigenvalue weighted by Crippen LogP contribution is 1.99. The Labute approximate surface area is 117 Å². The predicted molar refractivity (Wildman–Crippen MR) is 74.4 cm³/mol. The number of guanidine groups is 1. The van der Waals surface area contributed by atoms with Crippen molar-refractivity contribution in [2.24, 2.45) is 16.5 Å². The van der Waals surface area contributed by atoms with Gasteiger partial charge in [-0.25, -0.2) is 9.59 Å². The molecule has 0 radical (unpaired) electrons. The molecular formula is C11H23N5O4. The summed E-state index contributed by atoms with van der Waals surface area (Å²) in [6, 6.07) is -1.02. The van der Waals surface area contributed by atoms with Crippen molar-refractivity contribution in [3.05, 3.63) is 0 Å². The van der Waals surface area contributed by atoms with E-state index in [-0.39, 0.29) is 19.0 Å². The molecule has 9 nitrogen and oxygen atoms in total. The number of ether oxygens (including phenoxy) is 1. The number of carbonyl (C=O) groups is 2. The van der Waals surface area contributed by atoms with Gasteiger partial charge in [0.25, 0.3) is 0 Å². The largest absolute Gasteiger partial charge is 0.480 e. The maximum Gasteiger partial charge on any atom is 0.407 e. The van der Waals surface area contributed by atoms with Crippen LogP contribution in [0.3, 0.4) is 0 Å². The number of alkyl carbamates (subject to hydrolysis) is 1. The zero-order valence-electron chi connectivity index (χ0n) is 11.6. The summed E-state index contributed by atoms with van der Waals surface area (Å²) >= 11 is 0. The van der Waals surface area contributed by atoms with Crippen LogP contribution < -0.4 is 22.1 Å². The van der Waals surface area contributed by atoms with Gasteiger partial charge in [0.1, 0.15) is 12.6 Å². The molecule has 116 valence electrons. The summed E-state index contributed by atoms with van der Waals surface area (Å²) in [6.45, 7) is 3.71. The average molecular weight is 289 g/mol. The Kier molecular flexibility index (Phi) is 9.75. The quantitative estimate of drug-likeness (QED) is 0.193.